The van der Waals surface area contributed by atoms with E-state index in [4.69, 9.17) is 10.1 Å². The number of pyridine rings is 2. The predicted molar refractivity (Wildman–Crippen MR) is 118 cm³/mol. The van der Waals surface area contributed by atoms with Gasteiger partial charge in [-0.3, -0.25) is 5.01 Å². The molecule has 142 valence electrons. The second-order valence-corrected chi connectivity index (χ2v) is 7.54. The molecule has 0 saturated carbocycles. The Balaban J connectivity index is 1.65. The van der Waals surface area contributed by atoms with Crippen LogP contribution in [0.25, 0.3) is 11.0 Å². The van der Waals surface area contributed by atoms with Gasteiger partial charge in [0.15, 0.2) is 5.65 Å². The molecule has 1 aliphatic rings. The summed E-state index contributed by atoms with van der Waals surface area (Å²) in [7, 11) is 0. The molecule has 2 aromatic heterocycles. The molecule has 0 bridgehead atoms. The van der Waals surface area contributed by atoms with Crippen LogP contribution in [0, 0.1) is 6.92 Å². The van der Waals surface area contributed by atoms with Gasteiger partial charge in [0.05, 0.1) is 23.3 Å². The van der Waals surface area contributed by atoms with Gasteiger partial charge in [0.2, 0.25) is 0 Å². The summed E-state index contributed by atoms with van der Waals surface area (Å²) in [6.07, 6.45) is 1.79. The van der Waals surface area contributed by atoms with Crippen LogP contribution in [0.5, 0.6) is 0 Å². The number of benzene rings is 2. The SMILES string of the molecule is CC1=NN(c2ccccc2)C(c2ccc(C)cc2)C1c1ccc2cccnc2n1. The Morgan fingerprint density at radius 3 is 2.38 bits per heavy atom. The number of hydrazone groups is 1. The van der Waals surface area contributed by atoms with Gasteiger partial charge >= 0.3 is 0 Å². The van der Waals surface area contributed by atoms with E-state index in [1.807, 2.05) is 18.2 Å². The van der Waals surface area contributed by atoms with E-state index < -0.39 is 0 Å². The largest absolute Gasteiger partial charge is 0.257 e. The first kappa shape index (κ1) is 17.6. The smallest absolute Gasteiger partial charge is 0.159 e. The highest BCUT2D eigenvalue weighted by atomic mass is 15.5. The van der Waals surface area contributed by atoms with Crippen molar-refractivity contribution in [3.63, 3.8) is 0 Å². The van der Waals surface area contributed by atoms with Crippen LogP contribution in [0.15, 0.2) is 90.2 Å². The molecule has 0 aliphatic carbocycles. The van der Waals surface area contributed by atoms with E-state index >= 15 is 0 Å². The van der Waals surface area contributed by atoms with Crippen molar-refractivity contribution in [2.45, 2.75) is 25.8 Å². The van der Waals surface area contributed by atoms with Gasteiger partial charge in [-0.2, -0.15) is 5.10 Å². The third kappa shape index (κ3) is 3.17. The van der Waals surface area contributed by atoms with Crippen molar-refractivity contribution < 1.29 is 0 Å². The third-order valence-corrected chi connectivity index (χ3v) is 5.54. The lowest BCUT2D eigenvalue weighted by Gasteiger charge is -2.28. The molecule has 5 rings (SSSR count). The number of aromatic nitrogens is 2. The van der Waals surface area contributed by atoms with E-state index in [-0.39, 0.29) is 12.0 Å². The van der Waals surface area contributed by atoms with Crippen LogP contribution in [-0.2, 0) is 0 Å². The van der Waals surface area contributed by atoms with Crippen LogP contribution in [0.2, 0.25) is 0 Å². The van der Waals surface area contributed by atoms with E-state index in [0.29, 0.717) is 0 Å². The second kappa shape index (κ2) is 7.13. The molecule has 4 nitrogen and oxygen atoms in total. The summed E-state index contributed by atoms with van der Waals surface area (Å²) < 4.78 is 0. The minimum atomic E-state index is 0.0478. The molecule has 1 aliphatic heterocycles. The summed E-state index contributed by atoms with van der Waals surface area (Å²) in [5.41, 5.74) is 6.40. The second-order valence-electron chi connectivity index (χ2n) is 7.54. The van der Waals surface area contributed by atoms with E-state index in [1.54, 1.807) is 6.20 Å². The molecule has 0 saturated heterocycles. The summed E-state index contributed by atoms with van der Waals surface area (Å²) in [5, 5.41) is 8.15. The lowest BCUT2D eigenvalue weighted by atomic mass is 9.87. The molecule has 0 spiro atoms. The van der Waals surface area contributed by atoms with Crippen molar-refractivity contribution in [1.82, 2.24) is 9.97 Å². The van der Waals surface area contributed by atoms with Gasteiger partial charge in [-0.1, -0.05) is 48.0 Å². The average molecular weight is 378 g/mol. The van der Waals surface area contributed by atoms with Crippen LogP contribution >= 0.6 is 0 Å². The Kier molecular flexibility index (Phi) is 4.32. The van der Waals surface area contributed by atoms with E-state index in [0.717, 1.165) is 28.1 Å². The number of rotatable bonds is 3. The molecule has 2 unspecified atom stereocenters. The summed E-state index contributed by atoms with van der Waals surface area (Å²) >= 11 is 0. The number of nitrogens with zero attached hydrogens (tertiary/aromatic N) is 4. The van der Waals surface area contributed by atoms with Crippen LogP contribution in [0.3, 0.4) is 0 Å². The van der Waals surface area contributed by atoms with Gasteiger partial charge < -0.3 is 0 Å². The summed E-state index contributed by atoms with van der Waals surface area (Å²) in [4.78, 5) is 9.37. The number of anilines is 1. The van der Waals surface area contributed by atoms with Crippen molar-refractivity contribution in [2.24, 2.45) is 5.10 Å². The zero-order chi connectivity index (χ0) is 19.8. The molecule has 3 heterocycles. The molecule has 2 atom stereocenters. The Labute approximate surface area is 170 Å². The molecule has 0 radical (unpaired) electrons. The van der Waals surface area contributed by atoms with Crippen LogP contribution < -0.4 is 5.01 Å². The first-order valence-electron chi connectivity index (χ1n) is 9.88. The fraction of sp³-hybridized carbons (Fsp3) is 0.160. The van der Waals surface area contributed by atoms with Gasteiger partial charge in [-0.15, -0.1) is 0 Å². The molecule has 0 N–H and O–H groups in total. The highest BCUT2D eigenvalue weighted by molar-refractivity contribution is 5.93. The molecule has 2 aromatic carbocycles. The van der Waals surface area contributed by atoms with Gasteiger partial charge in [-0.05, 0) is 55.8 Å². The van der Waals surface area contributed by atoms with Crippen molar-refractivity contribution >= 4 is 22.4 Å². The first-order valence-corrected chi connectivity index (χ1v) is 9.88. The normalized spacial score (nSPS) is 18.8. The molecule has 4 aromatic rings. The maximum atomic E-state index is 4.97. The maximum absolute atomic E-state index is 4.97. The topological polar surface area (TPSA) is 41.4 Å². The van der Waals surface area contributed by atoms with E-state index in [1.165, 1.54) is 11.1 Å². The number of aryl methyl sites for hydroxylation is 1. The van der Waals surface area contributed by atoms with Crippen molar-refractivity contribution in [3.8, 4) is 0 Å². The monoisotopic (exact) mass is 378 g/mol. The summed E-state index contributed by atoms with van der Waals surface area (Å²) in [6, 6.07) is 27.3. The average Bonchev–Trinajstić information content (AvgIpc) is 3.11. The summed E-state index contributed by atoms with van der Waals surface area (Å²) in [6.45, 7) is 4.21. The number of para-hydroxylation sites is 1. The van der Waals surface area contributed by atoms with E-state index in [9.17, 15) is 0 Å². The fourth-order valence-electron chi connectivity index (χ4n) is 4.08. The number of hydrogen-bond acceptors (Lipinski definition) is 4. The predicted octanol–water partition coefficient (Wildman–Crippen LogP) is 5.66. The lowest BCUT2D eigenvalue weighted by Crippen LogP contribution is -2.24. The first-order chi connectivity index (χ1) is 14.2. The molecule has 29 heavy (non-hydrogen) atoms. The van der Waals surface area contributed by atoms with Gasteiger partial charge in [-0.25, -0.2) is 9.97 Å². The Morgan fingerprint density at radius 2 is 1.59 bits per heavy atom. The highest BCUT2D eigenvalue weighted by Crippen LogP contribution is 2.44. The molecule has 0 fully saturated rings. The van der Waals surface area contributed by atoms with Gasteiger partial charge in [0.25, 0.3) is 0 Å². The molecular weight excluding hydrogens is 356 g/mol. The maximum Gasteiger partial charge on any atom is 0.159 e. The van der Waals surface area contributed by atoms with E-state index in [2.05, 4.69) is 84.5 Å². The Hall–Kier alpha value is -3.53. The van der Waals surface area contributed by atoms with Crippen molar-refractivity contribution in [2.75, 3.05) is 5.01 Å². The highest BCUT2D eigenvalue weighted by Gasteiger charge is 2.39. The zero-order valence-corrected chi connectivity index (χ0v) is 16.5. The molecule has 4 heteroatoms. The van der Waals surface area contributed by atoms with Crippen molar-refractivity contribution in [1.29, 1.82) is 0 Å². The zero-order valence-electron chi connectivity index (χ0n) is 16.5. The fourth-order valence-corrected chi connectivity index (χ4v) is 4.08. The van der Waals surface area contributed by atoms with Gasteiger partial charge in [0.1, 0.15) is 0 Å². The minimum absolute atomic E-state index is 0.0478. The minimum Gasteiger partial charge on any atom is -0.257 e. The van der Waals surface area contributed by atoms with Crippen LogP contribution in [0.4, 0.5) is 5.69 Å². The number of fused-ring (bicyclic) bond motifs is 1. The Bertz CT molecular complexity index is 1180. The van der Waals surface area contributed by atoms with Gasteiger partial charge in [0, 0.05) is 17.3 Å². The van der Waals surface area contributed by atoms with Crippen LogP contribution in [0.1, 0.15) is 35.7 Å². The molecular formula is C25H22N4. The standard InChI is InChI=1S/C25H22N4/c1-17-10-12-19(13-11-17)24-23(18(2)28-29(24)21-8-4-3-5-9-21)22-15-14-20-7-6-16-26-25(20)27-22/h3-16,23-24H,1-2H3. The quantitative estimate of drug-likeness (QED) is 0.462. The lowest BCUT2D eigenvalue weighted by molar-refractivity contribution is 0.638. The molecule has 0 amide bonds. The van der Waals surface area contributed by atoms with Crippen molar-refractivity contribution in [3.05, 3.63) is 102 Å². The third-order valence-electron chi connectivity index (χ3n) is 5.54. The summed E-state index contributed by atoms with van der Waals surface area (Å²) in [5.74, 6) is 0.0596. The number of hydrogen-bond donors (Lipinski definition) is 0. The Morgan fingerprint density at radius 1 is 0.793 bits per heavy atom. The van der Waals surface area contributed by atoms with Crippen LogP contribution in [-0.4, -0.2) is 15.7 Å².